The van der Waals surface area contributed by atoms with Crippen LogP contribution in [-0.4, -0.2) is 24.9 Å². The van der Waals surface area contributed by atoms with Crippen molar-refractivity contribution in [1.82, 2.24) is 24.9 Å². The van der Waals surface area contributed by atoms with Crippen LogP contribution in [0.4, 0.5) is 0 Å². The van der Waals surface area contributed by atoms with Gasteiger partial charge in [-0.05, 0) is 52.3 Å². The van der Waals surface area contributed by atoms with Crippen molar-refractivity contribution < 1.29 is 0 Å². The summed E-state index contributed by atoms with van der Waals surface area (Å²) < 4.78 is 0. The smallest absolute Gasteiger partial charge is 0.164 e. The van der Waals surface area contributed by atoms with Gasteiger partial charge in [0.15, 0.2) is 17.5 Å². The number of nitrogens with zero attached hydrogens (tertiary/aromatic N) is 5. The van der Waals surface area contributed by atoms with Crippen LogP contribution in [0.15, 0.2) is 140 Å². The highest BCUT2D eigenvalue weighted by Gasteiger charge is 2.17. The number of rotatable bonds is 7. The molecule has 0 aliphatic heterocycles. The number of hydrogen-bond donors (Lipinski definition) is 0. The van der Waals surface area contributed by atoms with Crippen LogP contribution in [0.2, 0.25) is 0 Å². The minimum atomic E-state index is 0.248. The summed E-state index contributed by atoms with van der Waals surface area (Å²) in [5, 5.41) is 2.17. The van der Waals surface area contributed by atoms with Crippen molar-refractivity contribution in [3.8, 4) is 56.4 Å². The third-order valence-corrected chi connectivity index (χ3v) is 9.21. The van der Waals surface area contributed by atoms with E-state index < -0.39 is 0 Å². The molecule has 0 amide bonds. The van der Waals surface area contributed by atoms with E-state index >= 15 is 0 Å². The van der Waals surface area contributed by atoms with Gasteiger partial charge in [-0.15, -0.1) is 0 Å². The van der Waals surface area contributed by atoms with E-state index in [-0.39, 0.29) is 5.92 Å². The van der Waals surface area contributed by atoms with E-state index in [1.807, 2.05) is 36.4 Å². The summed E-state index contributed by atoms with van der Waals surface area (Å²) in [4.78, 5) is 25.4. The maximum Gasteiger partial charge on any atom is 0.164 e. The van der Waals surface area contributed by atoms with Crippen LogP contribution in [0, 0.1) is 0 Å². The summed E-state index contributed by atoms with van der Waals surface area (Å²) in [6, 6.07) is 48.3. The predicted molar refractivity (Wildman–Crippen MR) is 206 cm³/mol. The van der Waals surface area contributed by atoms with Crippen molar-refractivity contribution in [1.29, 1.82) is 0 Å². The quantitative estimate of drug-likeness (QED) is 0.161. The van der Waals surface area contributed by atoms with E-state index in [1.54, 1.807) is 0 Å². The highest BCUT2D eigenvalue weighted by molar-refractivity contribution is 6.08. The molecule has 0 aliphatic carbocycles. The van der Waals surface area contributed by atoms with Gasteiger partial charge in [0.1, 0.15) is 0 Å². The normalized spacial score (nSPS) is 11.6. The molecule has 0 spiro atoms. The van der Waals surface area contributed by atoms with Gasteiger partial charge < -0.3 is 0 Å². The molecule has 5 aromatic carbocycles. The molecule has 0 N–H and O–H groups in total. The van der Waals surface area contributed by atoms with E-state index in [1.165, 1.54) is 5.56 Å². The summed E-state index contributed by atoms with van der Waals surface area (Å²) in [7, 11) is 0. The van der Waals surface area contributed by atoms with Gasteiger partial charge in [-0.2, -0.15) is 0 Å². The summed E-state index contributed by atoms with van der Waals surface area (Å²) in [5.74, 6) is 2.47. The molecule has 8 aromatic rings. The lowest BCUT2D eigenvalue weighted by atomic mass is 9.95. The molecule has 3 heterocycles. The second kappa shape index (κ2) is 13.1. The molecular weight excluding hydrogens is 611 g/mol. The van der Waals surface area contributed by atoms with Crippen LogP contribution in [0.1, 0.15) is 50.9 Å². The van der Waals surface area contributed by atoms with Gasteiger partial charge in [0.25, 0.3) is 0 Å². The molecule has 3 aromatic heterocycles. The zero-order valence-electron chi connectivity index (χ0n) is 28.7. The van der Waals surface area contributed by atoms with Crippen LogP contribution in [0.3, 0.4) is 0 Å². The lowest BCUT2D eigenvalue weighted by Crippen LogP contribution is -2.01. The number of hydrogen-bond acceptors (Lipinski definition) is 5. The van der Waals surface area contributed by atoms with E-state index in [0.29, 0.717) is 23.4 Å². The lowest BCUT2D eigenvalue weighted by molar-refractivity contribution is 0.826. The second-order valence-corrected chi connectivity index (χ2v) is 13.4. The Balaban J connectivity index is 1.28. The Morgan fingerprint density at radius 1 is 0.360 bits per heavy atom. The van der Waals surface area contributed by atoms with Crippen molar-refractivity contribution in [2.45, 2.75) is 39.5 Å². The minimum absolute atomic E-state index is 0.248. The molecular formula is C45H37N5. The standard InChI is InChI=1S/C45H37N5/c1-28(2)39-25-23-32-22-24-37-38(27-40(29(3)4)47-42(37)41(32)46-39)35-16-11-17-36(26-35)45-49-43(33-14-9-6-10-15-33)48-44(50-45)34-20-18-31(19-21-34)30-12-7-5-8-13-30/h5-29H,1-4H3. The summed E-state index contributed by atoms with van der Waals surface area (Å²) in [6.07, 6.45) is 0. The molecule has 242 valence electrons. The van der Waals surface area contributed by atoms with E-state index in [4.69, 9.17) is 24.9 Å². The predicted octanol–water partition coefficient (Wildman–Crippen LogP) is 11.5. The molecule has 0 aliphatic rings. The second-order valence-electron chi connectivity index (χ2n) is 13.4. The molecule has 0 fully saturated rings. The SMILES string of the molecule is CC(C)c1ccc2ccc3c(-c4cccc(-c5nc(-c6ccccc6)nc(-c6ccc(-c7ccccc7)cc6)n5)c4)cc(C(C)C)nc3c2n1. The van der Waals surface area contributed by atoms with Crippen molar-refractivity contribution in [3.63, 3.8) is 0 Å². The lowest BCUT2D eigenvalue weighted by Gasteiger charge is -2.15. The number of fused-ring (bicyclic) bond motifs is 3. The summed E-state index contributed by atoms with van der Waals surface area (Å²) >= 11 is 0. The van der Waals surface area contributed by atoms with Gasteiger partial charge in [0.2, 0.25) is 0 Å². The van der Waals surface area contributed by atoms with Crippen molar-refractivity contribution in [3.05, 3.63) is 151 Å². The van der Waals surface area contributed by atoms with Crippen molar-refractivity contribution >= 4 is 21.8 Å². The van der Waals surface area contributed by atoms with Gasteiger partial charge >= 0.3 is 0 Å². The molecule has 50 heavy (non-hydrogen) atoms. The molecule has 0 radical (unpaired) electrons. The Morgan fingerprint density at radius 3 is 1.52 bits per heavy atom. The Bertz CT molecular complexity index is 2470. The Morgan fingerprint density at radius 2 is 0.860 bits per heavy atom. The zero-order valence-corrected chi connectivity index (χ0v) is 28.7. The zero-order chi connectivity index (χ0) is 34.2. The van der Waals surface area contributed by atoms with E-state index in [0.717, 1.165) is 66.6 Å². The molecule has 5 nitrogen and oxygen atoms in total. The fourth-order valence-electron chi connectivity index (χ4n) is 6.38. The van der Waals surface area contributed by atoms with Gasteiger partial charge in [-0.25, -0.2) is 15.0 Å². The average Bonchev–Trinajstić information content (AvgIpc) is 3.17. The first-order chi connectivity index (χ1) is 24.4. The summed E-state index contributed by atoms with van der Waals surface area (Å²) in [6.45, 7) is 8.74. The fraction of sp³-hybridized carbons (Fsp3) is 0.133. The van der Waals surface area contributed by atoms with E-state index in [2.05, 4.69) is 131 Å². The molecule has 0 unspecified atom stereocenters. The Hall–Kier alpha value is -6.07. The maximum absolute atomic E-state index is 5.19. The largest absolute Gasteiger partial charge is 0.250 e. The summed E-state index contributed by atoms with van der Waals surface area (Å²) in [5.41, 5.74) is 11.3. The maximum atomic E-state index is 5.19. The number of pyridine rings is 2. The Kier molecular flexibility index (Phi) is 8.17. The van der Waals surface area contributed by atoms with Gasteiger partial charge in [0, 0.05) is 38.9 Å². The van der Waals surface area contributed by atoms with Gasteiger partial charge in [-0.3, -0.25) is 9.97 Å². The fourth-order valence-corrected chi connectivity index (χ4v) is 6.38. The third-order valence-electron chi connectivity index (χ3n) is 9.21. The first kappa shape index (κ1) is 31.2. The van der Waals surface area contributed by atoms with Gasteiger partial charge in [0.05, 0.1) is 11.0 Å². The molecule has 0 saturated carbocycles. The third kappa shape index (κ3) is 6.03. The monoisotopic (exact) mass is 647 g/mol. The highest BCUT2D eigenvalue weighted by Crippen LogP contribution is 2.36. The molecule has 0 saturated heterocycles. The Labute approximate surface area is 292 Å². The van der Waals surface area contributed by atoms with Crippen LogP contribution in [0.25, 0.3) is 78.2 Å². The van der Waals surface area contributed by atoms with Crippen molar-refractivity contribution in [2.75, 3.05) is 0 Å². The first-order valence-electron chi connectivity index (χ1n) is 17.2. The van der Waals surface area contributed by atoms with E-state index in [9.17, 15) is 0 Å². The molecule has 0 bridgehead atoms. The van der Waals surface area contributed by atoms with Gasteiger partial charge in [-0.1, -0.05) is 149 Å². The first-order valence-corrected chi connectivity index (χ1v) is 17.2. The molecule has 5 heteroatoms. The van der Waals surface area contributed by atoms with Crippen molar-refractivity contribution in [2.24, 2.45) is 0 Å². The number of aromatic nitrogens is 5. The topological polar surface area (TPSA) is 64.5 Å². The van der Waals surface area contributed by atoms with Crippen LogP contribution in [0.5, 0.6) is 0 Å². The van der Waals surface area contributed by atoms with Crippen LogP contribution in [-0.2, 0) is 0 Å². The van der Waals surface area contributed by atoms with Crippen LogP contribution >= 0.6 is 0 Å². The average molecular weight is 648 g/mol. The molecule has 8 rings (SSSR count). The minimum Gasteiger partial charge on any atom is -0.250 e. The van der Waals surface area contributed by atoms with Crippen LogP contribution < -0.4 is 0 Å². The molecule has 0 atom stereocenters. The number of benzene rings is 5. The highest BCUT2D eigenvalue weighted by atomic mass is 15.0.